The van der Waals surface area contributed by atoms with Gasteiger partial charge in [0.05, 0.1) is 6.10 Å². The van der Waals surface area contributed by atoms with Crippen molar-refractivity contribution < 1.29 is 14.1 Å². The van der Waals surface area contributed by atoms with Crippen molar-refractivity contribution in [3.05, 3.63) is 39.4 Å². The molecule has 0 amide bonds. The van der Waals surface area contributed by atoms with E-state index in [0.717, 1.165) is 21.3 Å². The molecule has 0 atom stereocenters. The van der Waals surface area contributed by atoms with E-state index in [1.54, 1.807) is 13.8 Å². The molecule has 0 unspecified atom stereocenters. The first-order valence-corrected chi connectivity index (χ1v) is 6.69. The van der Waals surface area contributed by atoms with Gasteiger partial charge in [-0.05, 0) is 45.7 Å². The second-order valence-corrected chi connectivity index (χ2v) is 5.31. The highest BCUT2D eigenvalue weighted by Gasteiger charge is 2.23. The number of benzene rings is 1. The Morgan fingerprint density at radius 2 is 1.81 bits per heavy atom. The van der Waals surface area contributed by atoms with E-state index in [0.29, 0.717) is 5.56 Å². The lowest BCUT2D eigenvalue weighted by Gasteiger charge is -2.12. The highest BCUT2D eigenvalue weighted by molar-refractivity contribution is 5.78. The van der Waals surface area contributed by atoms with Crippen molar-refractivity contribution in [2.24, 2.45) is 0 Å². The number of carbonyl (C=O) groups is 1. The Bertz CT molecular complexity index is 717. The lowest BCUT2D eigenvalue weighted by molar-refractivity contribution is 0.115. The number of aromatic nitrogens is 2. The lowest BCUT2D eigenvalue weighted by Crippen LogP contribution is -2.27. The van der Waals surface area contributed by atoms with Crippen LogP contribution in [0.2, 0.25) is 0 Å². The van der Waals surface area contributed by atoms with Gasteiger partial charge in [-0.3, -0.25) is 4.52 Å². The maximum Gasteiger partial charge on any atom is 0.451 e. The van der Waals surface area contributed by atoms with Gasteiger partial charge in [0.15, 0.2) is 5.82 Å². The SMILES string of the molecule is Cc1cc(C)c(-c2noc(=O)n2C(=O)OC(C)C)c(C)c1. The van der Waals surface area contributed by atoms with E-state index >= 15 is 0 Å². The molecule has 1 aromatic carbocycles. The van der Waals surface area contributed by atoms with Gasteiger partial charge in [0.25, 0.3) is 0 Å². The summed E-state index contributed by atoms with van der Waals surface area (Å²) in [7, 11) is 0. The minimum Gasteiger partial charge on any atom is -0.446 e. The maximum absolute atomic E-state index is 12.1. The van der Waals surface area contributed by atoms with Gasteiger partial charge in [0.2, 0.25) is 0 Å². The Hall–Kier alpha value is -2.37. The van der Waals surface area contributed by atoms with Crippen molar-refractivity contribution in [2.75, 3.05) is 0 Å². The Morgan fingerprint density at radius 3 is 2.33 bits per heavy atom. The van der Waals surface area contributed by atoms with Gasteiger partial charge in [-0.25, -0.2) is 9.59 Å². The zero-order chi connectivity index (χ0) is 15.7. The van der Waals surface area contributed by atoms with Crippen LogP contribution < -0.4 is 5.76 Å². The topological polar surface area (TPSA) is 74.3 Å². The van der Waals surface area contributed by atoms with E-state index < -0.39 is 11.8 Å². The number of hydrogen-bond donors (Lipinski definition) is 0. The first-order chi connectivity index (χ1) is 9.81. The minimum atomic E-state index is -0.852. The average Bonchev–Trinajstić information content (AvgIpc) is 2.68. The Morgan fingerprint density at radius 1 is 1.24 bits per heavy atom. The first kappa shape index (κ1) is 15.0. The second kappa shape index (κ2) is 5.55. The summed E-state index contributed by atoms with van der Waals surface area (Å²) in [6.07, 6.45) is -1.13. The van der Waals surface area contributed by atoms with E-state index in [9.17, 15) is 9.59 Å². The molecule has 0 aliphatic carbocycles. The van der Waals surface area contributed by atoms with Gasteiger partial charge in [-0.1, -0.05) is 22.9 Å². The summed E-state index contributed by atoms with van der Waals surface area (Å²) >= 11 is 0. The number of aryl methyl sites for hydroxylation is 3. The summed E-state index contributed by atoms with van der Waals surface area (Å²) in [5.41, 5.74) is 3.61. The fraction of sp³-hybridized carbons (Fsp3) is 0.400. The summed E-state index contributed by atoms with van der Waals surface area (Å²) in [5, 5.41) is 3.74. The molecule has 0 saturated carbocycles. The molecule has 0 bridgehead atoms. The van der Waals surface area contributed by atoms with Crippen LogP contribution in [-0.2, 0) is 4.74 Å². The van der Waals surface area contributed by atoms with Gasteiger partial charge >= 0.3 is 11.8 Å². The molecule has 1 heterocycles. The number of nitrogens with zero attached hydrogens (tertiary/aromatic N) is 2. The van der Waals surface area contributed by atoms with Gasteiger partial charge in [-0.2, -0.15) is 4.57 Å². The molecule has 112 valence electrons. The largest absolute Gasteiger partial charge is 0.451 e. The molecule has 0 saturated heterocycles. The van der Waals surface area contributed by atoms with Crippen LogP contribution in [0, 0.1) is 20.8 Å². The number of carbonyl (C=O) groups excluding carboxylic acids is 1. The summed E-state index contributed by atoms with van der Waals surface area (Å²) in [6.45, 7) is 9.18. The predicted molar refractivity (Wildman–Crippen MR) is 77.4 cm³/mol. The van der Waals surface area contributed by atoms with E-state index in [-0.39, 0.29) is 11.9 Å². The average molecular weight is 290 g/mol. The third kappa shape index (κ3) is 2.89. The van der Waals surface area contributed by atoms with Crippen molar-refractivity contribution in [2.45, 2.75) is 40.7 Å². The molecule has 0 N–H and O–H groups in total. The fourth-order valence-corrected chi connectivity index (χ4v) is 2.36. The van der Waals surface area contributed by atoms with E-state index in [1.807, 2.05) is 32.9 Å². The molecule has 0 spiro atoms. The quantitative estimate of drug-likeness (QED) is 0.850. The van der Waals surface area contributed by atoms with Gasteiger partial charge in [0, 0.05) is 5.56 Å². The zero-order valence-corrected chi connectivity index (χ0v) is 12.8. The third-order valence-electron chi connectivity index (χ3n) is 3.02. The molecule has 6 nitrogen and oxygen atoms in total. The van der Waals surface area contributed by atoms with E-state index in [1.165, 1.54) is 0 Å². The monoisotopic (exact) mass is 290 g/mol. The maximum atomic E-state index is 12.1. The molecule has 2 rings (SSSR count). The summed E-state index contributed by atoms with van der Waals surface area (Å²) in [4.78, 5) is 23.8. The zero-order valence-electron chi connectivity index (χ0n) is 12.8. The van der Waals surface area contributed by atoms with Crippen molar-refractivity contribution in [3.8, 4) is 11.4 Å². The van der Waals surface area contributed by atoms with Gasteiger partial charge < -0.3 is 4.74 Å². The highest BCUT2D eigenvalue weighted by atomic mass is 16.6. The summed E-state index contributed by atoms with van der Waals surface area (Å²) < 4.78 is 10.5. The summed E-state index contributed by atoms with van der Waals surface area (Å²) in [6, 6.07) is 3.92. The normalized spacial score (nSPS) is 11.0. The van der Waals surface area contributed by atoms with Crippen LogP contribution in [0.25, 0.3) is 11.4 Å². The predicted octanol–water partition coefficient (Wildman–Crippen LogP) is 2.82. The van der Waals surface area contributed by atoms with Crippen molar-refractivity contribution in [1.82, 2.24) is 9.72 Å². The molecule has 6 heteroatoms. The van der Waals surface area contributed by atoms with Crippen LogP contribution >= 0.6 is 0 Å². The molecule has 1 aromatic heterocycles. The molecule has 2 aromatic rings. The van der Waals surface area contributed by atoms with Crippen LogP contribution in [0.15, 0.2) is 21.5 Å². The Labute approximate surface area is 122 Å². The van der Waals surface area contributed by atoms with Crippen LogP contribution in [0.3, 0.4) is 0 Å². The van der Waals surface area contributed by atoms with Crippen LogP contribution in [0.5, 0.6) is 0 Å². The number of ether oxygens (including phenoxy) is 1. The van der Waals surface area contributed by atoms with Crippen molar-refractivity contribution >= 4 is 6.09 Å². The Kier molecular flexibility index (Phi) is 3.97. The highest BCUT2D eigenvalue weighted by Crippen LogP contribution is 2.26. The van der Waals surface area contributed by atoms with E-state index in [2.05, 4.69) is 9.68 Å². The smallest absolute Gasteiger partial charge is 0.446 e. The van der Waals surface area contributed by atoms with Gasteiger partial charge in [-0.15, -0.1) is 0 Å². The molecular weight excluding hydrogens is 272 g/mol. The first-order valence-electron chi connectivity index (χ1n) is 6.69. The van der Waals surface area contributed by atoms with Crippen LogP contribution in [-0.4, -0.2) is 21.9 Å². The third-order valence-corrected chi connectivity index (χ3v) is 3.02. The molecule has 0 radical (unpaired) electrons. The molecule has 0 aliphatic heterocycles. The van der Waals surface area contributed by atoms with Crippen LogP contribution in [0.1, 0.15) is 30.5 Å². The van der Waals surface area contributed by atoms with Crippen molar-refractivity contribution in [3.63, 3.8) is 0 Å². The van der Waals surface area contributed by atoms with Gasteiger partial charge in [0.1, 0.15) is 0 Å². The van der Waals surface area contributed by atoms with Crippen molar-refractivity contribution in [1.29, 1.82) is 0 Å². The van der Waals surface area contributed by atoms with Crippen LogP contribution in [0.4, 0.5) is 4.79 Å². The molecule has 21 heavy (non-hydrogen) atoms. The number of rotatable bonds is 2. The lowest BCUT2D eigenvalue weighted by atomic mass is 9.99. The van der Waals surface area contributed by atoms with E-state index in [4.69, 9.17) is 4.74 Å². The second-order valence-electron chi connectivity index (χ2n) is 5.31. The fourth-order valence-electron chi connectivity index (χ4n) is 2.36. The Balaban J connectivity index is 2.62. The molecular formula is C15H18N2O4. The molecule has 0 aliphatic rings. The summed E-state index contributed by atoms with van der Waals surface area (Å²) in [5.74, 6) is -0.685. The number of hydrogen-bond acceptors (Lipinski definition) is 5. The minimum absolute atomic E-state index is 0.167. The standard InChI is InChI=1S/C15H18N2O4/c1-8(2)20-14(18)17-13(16-21-15(17)19)12-10(4)6-9(3)7-11(12)5/h6-8H,1-5H3. The molecule has 0 fully saturated rings.